The van der Waals surface area contributed by atoms with Crippen molar-refractivity contribution in [2.75, 3.05) is 0 Å². The predicted octanol–water partition coefficient (Wildman–Crippen LogP) is 4.08. The molecule has 0 bridgehead atoms. The second-order valence-electron chi connectivity index (χ2n) is 0. The third-order valence-electron chi connectivity index (χ3n) is 0. The van der Waals surface area contributed by atoms with Crippen LogP contribution in [0.2, 0.25) is 0 Å². The standard InChI is InChI=1S/4C2H5.H2N.Ta/c4*1-2;;/h4*1H2,2H3;1H2;/q5*-1;+5. The van der Waals surface area contributed by atoms with Gasteiger partial charge < -0.3 is 33.8 Å². The summed E-state index contributed by atoms with van der Waals surface area (Å²) in [6.07, 6.45) is 0. The van der Waals surface area contributed by atoms with Gasteiger partial charge in [0.15, 0.2) is 0 Å². The van der Waals surface area contributed by atoms with Crippen LogP contribution in [0.1, 0.15) is 27.7 Å². The van der Waals surface area contributed by atoms with E-state index in [1.54, 1.807) is 27.7 Å². The molecule has 0 unspecified atom stereocenters. The molecular formula is C8H22NTa. The van der Waals surface area contributed by atoms with Crippen LogP contribution >= 0.6 is 0 Å². The Morgan fingerprint density at radius 1 is 0.500 bits per heavy atom. The molecule has 2 N–H and O–H groups in total. The van der Waals surface area contributed by atoms with Crippen molar-refractivity contribution in [2.24, 2.45) is 0 Å². The van der Waals surface area contributed by atoms with E-state index in [1.165, 1.54) is 0 Å². The van der Waals surface area contributed by atoms with E-state index < -0.39 is 0 Å². The third kappa shape index (κ3) is 1050. The summed E-state index contributed by atoms with van der Waals surface area (Å²) in [6, 6.07) is 0. The average molecular weight is 313 g/mol. The van der Waals surface area contributed by atoms with Crippen LogP contribution in [0.3, 0.4) is 0 Å². The van der Waals surface area contributed by atoms with E-state index in [0.29, 0.717) is 0 Å². The summed E-state index contributed by atoms with van der Waals surface area (Å²) in [6.45, 7) is 20.0. The minimum atomic E-state index is 0. The summed E-state index contributed by atoms with van der Waals surface area (Å²) in [4.78, 5) is 0. The molecule has 0 saturated heterocycles. The van der Waals surface area contributed by atoms with Crippen molar-refractivity contribution in [1.29, 1.82) is 0 Å². The minimum absolute atomic E-state index is 0. The van der Waals surface area contributed by atoms with Gasteiger partial charge >= 0.3 is 22.4 Å². The molecule has 0 spiro atoms. The normalized spacial score (nSPS) is 2.40. The first kappa shape index (κ1) is 45.6. The Hall–Kier alpha value is 0.700. The van der Waals surface area contributed by atoms with Crippen molar-refractivity contribution in [3.8, 4) is 0 Å². The van der Waals surface area contributed by atoms with Crippen LogP contribution < -0.4 is 0 Å². The van der Waals surface area contributed by atoms with Crippen molar-refractivity contribution in [3.63, 3.8) is 0 Å². The van der Waals surface area contributed by atoms with Gasteiger partial charge in [-0.15, -0.1) is 0 Å². The molecule has 0 aliphatic carbocycles. The summed E-state index contributed by atoms with van der Waals surface area (Å²) in [5, 5.41) is 0. The Labute approximate surface area is 84.1 Å². The van der Waals surface area contributed by atoms with Gasteiger partial charge in [-0.1, -0.05) is 0 Å². The largest absolute Gasteiger partial charge is 5.00 e. The summed E-state index contributed by atoms with van der Waals surface area (Å²) < 4.78 is 0. The number of hydrogen-bond donors (Lipinski definition) is 0. The van der Waals surface area contributed by atoms with Gasteiger partial charge in [-0.25, -0.2) is 0 Å². The van der Waals surface area contributed by atoms with E-state index >= 15 is 0 Å². The van der Waals surface area contributed by atoms with Crippen LogP contribution in [0.15, 0.2) is 0 Å². The zero-order chi connectivity index (χ0) is 8.00. The Balaban J connectivity index is -0.00000000500. The monoisotopic (exact) mass is 313 g/mol. The Morgan fingerprint density at radius 2 is 0.500 bits per heavy atom. The number of hydrogen-bond acceptors (Lipinski definition) is 0. The molecule has 0 rings (SSSR count). The predicted molar refractivity (Wildman–Crippen MR) is 49.4 cm³/mol. The smallest absolute Gasteiger partial charge is 0.693 e. The van der Waals surface area contributed by atoms with Crippen LogP contribution in [0.5, 0.6) is 0 Å². The maximum absolute atomic E-state index is 3.25. The molecule has 0 radical (unpaired) electrons. The quantitative estimate of drug-likeness (QED) is 0.604. The molecule has 0 aromatic heterocycles. The summed E-state index contributed by atoms with van der Waals surface area (Å²) in [5.74, 6) is 0. The second kappa shape index (κ2) is 1500. The molecule has 2 heteroatoms. The molecule has 0 fully saturated rings. The molecule has 64 valence electrons. The molecular weight excluding hydrogens is 291 g/mol. The Morgan fingerprint density at radius 3 is 0.500 bits per heavy atom. The van der Waals surface area contributed by atoms with E-state index in [2.05, 4.69) is 27.7 Å². The number of rotatable bonds is 0. The van der Waals surface area contributed by atoms with Crippen LogP contribution in [-0.4, -0.2) is 0 Å². The fourth-order valence-corrected chi connectivity index (χ4v) is 0. The van der Waals surface area contributed by atoms with Gasteiger partial charge in [0.05, 0.1) is 0 Å². The first-order valence-electron chi connectivity index (χ1n) is 2.83. The van der Waals surface area contributed by atoms with E-state index in [-0.39, 0.29) is 28.5 Å². The maximum atomic E-state index is 3.25. The van der Waals surface area contributed by atoms with E-state index in [4.69, 9.17) is 0 Å². The summed E-state index contributed by atoms with van der Waals surface area (Å²) in [7, 11) is 0. The minimum Gasteiger partial charge on any atom is -0.693 e. The molecule has 0 aromatic carbocycles. The van der Waals surface area contributed by atoms with Gasteiger partial charge in [0, 0.05) is 0 Å². The molecule has 0 atom stereocenters. The Bertz CT molecular complexity index is 9.22. The fraction of sp³-hybridized carbons (Fsp3) is 0.500. The SMILES string of the molecule is [CH2-]C.[CH2-]C.[CH2-]C.[CH2-]C.[NH2-].[Ta+5]. The topological polar surface area (TPSA) is 33.5 Å². The van der Waals surface area contributed by atoms with Gasteiger partial charge in [-0.05, 0) is 0 Å². The van der Waals surface area contributed by atoms with Gasteiger partial charge in [0.1, 0.15) is 0 Å². The van der Waals surface area contributed by atoms with Gasteiger partial charge in [-0.3, -0.25) is 0 Å². The average Bonchev–Trinajstić information content (AvgIpc) is 2.03. The van der Waals surface area contributed by atoms with Crippen molar-refractivity contribution in [2.45, 2.75) is 27.7 Å². The van der Waals surface area contributed by atoms with Crippen molar-refractivity contribution in [3.05, 3.63) is 33.8 Å². The number of nitrogens with two attached hydrogens (primary N) is 1. The summed E-state index contributed by atoms with van der Waals surface area (Å²) >= 11 is 0. The first-order valence-corrected chi connectivity index (χ1v) is 2.83. The van der Waals surface area contributed by atoms with Crippen LogP contribution in [-0.2, 0) is 22.4 Å². The molecule has 0 aliphatic heterocycles. The molecule has 1 nitrogen and oxygen atoms in total. The van der Waals surface area contributed by atoms with Gasteiger partial charge in [0.2, 0.25) is 0 Å². The third-order valence-corrected chi connectivity index (χ3v) is 0. The van der Waals surface area contributed by atoms with Crippen LogP contribution in [0, 0.1) is 27.7 Å². The molecule has 0 saturated carbocycles. The van der Waals surface area contributed by atoms with E-state index in [0.717, 1.165) is 0 Å². The second-order valence-corrected chi connectivity index (χ2v) is 0. The zero-order valence-corrected chi connectivity index (χ0v) is 11.1. The van der Waals surface area contributed by atoms with Crippen molar-refractivity contribution >= 4 is 0 Å². The van der Waals surface area contributed by atoms with E-state index in [1.807, 2.05) is 0 Å². The Kier molecular flexibility index (Phi) is 6820. The maximum Gasteiger partial charge on any atom is 5.00 e. The molecule has 10 heavy (non-hydrogen) atoms. The molecule has 0 amide bonds. The van der Waals surface area contributed by atoms with Gasteiger partial charge in [0.25, 0.3) is 0 Å². The van der Waals surface area contributed by atoms with Crippen LogP contribution in [0.25, 0.3) is 6.15 Å². The molecule has 0 heterocycles. The van der Waals surface area contributed by atoms with Crippen molar-refractivity contribution < 1.29 is 22.4 Å². The summed E-state index contributed by atoms with van der Waals surface area (Å²) in [5.41, 5.74) is 0. The zero-order valence-electron chi connectivity index (χ0n) is 7.85. The molecule has 0 aromatic rings. The van der Waals surface area contributed by atoms with Crippen LogP contribution in [0.4, 0.5) is 0 Å². The van der Waals surface area contributed by atoms with Crippen molar-refractivity contribution in [1.82, 2.24) is 0 Å². The van der Waals surface area contributed by atoms with Gasteiger partial charge in [-0.2, -0.15) is 27.7 Å². The van der Waals surface area contributed by atoms with E-state index in [9.17, 15) is 0 Å². The first-order chi connectivity index (χ1) is 4.00. The fourth-order valence-electron chi connectivity index (χ4n) is 0. The molecule has 0 aliphatic rings.